The Morgan fingerprint density at radius 3 is 2.12 bits per heavy atom. The molecule has 1 N–H and O–H groups in total. The lowest BCUT2D eigenvalue weighted by Gasteiger charge is -2.45. The molecule has 0 radical (unpaired) electrons. The van der Waals surface area contributed by atoms with Crippen LogP contribution in [0, 0.1) is 0 Å². The van der Waals surface area contributed by atoms with Crippen molar-refractivity contribution in [3.8, 4) is 0 Å². The minimum atomic E-state index is -2.75. The largest absolute Gasteiger partial charge is 0.466 e. The normalized spacial score (nSPS) is 22.2. The second kappa shape index (κ2) is 11.0. The van der Waals surface area contributed by atoms with E-state index in [-0.39, 0.29) is 23.2 Å². The van der Waals surface area contributed by atoms with Gasteiger partial charge in [-0.3, -0.25) is 4.79 Å². The highest BCUT2D eigenvalue weighted by atomic mass is 28.4. The Morgan fingerprint density at radius 2 is 1.64 bits per heavy atom. The molecule has 1 fully saturated rings. The van der Waals surface area contributed by atoms with Gasteiger partial charge in [0.1, 0.15) is 6.10 Å². The predicted octanol–water partition coefficient (Wildman–Crippen LogP) is 3.81. The van der Waals surface area contributed by atoms with Crippen LogP contribution in [-0.4, -0.2) is 50.4 Å². The number of benzene rings is 2. The molecule has 0 amide bonds. The van der Waals surface area contributed by atoms with Gasteiger partial charge in [-0.2, -0.15) is 0 Å². The molecule has 33 heavy (non-hydrogen) atoms. The molecule has 2 aromatic carbocycles. The number of aliphatic hydroxyl groups excluding tert-OH is 1. The van der Waals surface area contributed by atoms with Crippen LogP contribution < -0.4 is 10.4 Å². The fourth-order valence-electron chi connectivity index (χ4n) is 4.92. The molecule has 0 aromatic heterocycles. The van der Waals surface area contributed by atoms with E-state index < -0.39 is 20.5 Å². The smallest absolute Gasteiger partial charge is 0.302 e. The summed E-state index contributed by atoms with van der Waals surface area (Å²) < 4.78 is 18.5. The monoisotopic (exact) mass is 470 g/mol. The van der Waals surface area contributed by atoms with Gasteiger partial charge in [-0.05, 0) is 35.2 Å². The molecule has 5 nitrogen and oxygen atoms in total. The number of hydrogen-bond donors (Lipinski definition) is 1. The molecule has 6 heteroatoms. The first-order chi connectivity index (χ1) is 15.6. The Balaban J connectivity index is 1.94. The molecule has 1 aliphatic rings. The maximum absolute atomic E-state index is 11.0. The minimum absolute atomic E-state index is 0.00124. The van der Waals surface area contributed by atoms with Crippen molar-refractivity contribution in [1.82, 2.24) is 0 Å². The Morgan fingerprint density at radius 1 is 1.09 bits per heavy atom. The van der Waals surface area contributed by atoms with E-state index in [9.17, 15) is 9.90 Å². The van der Waals surface area contributed by atoms with Crippen molar-refractivity contribution in [2.75, 3.05) is 6.61 Å². The summed E-state index contributed by atoms with van der Waals surface area (Å²) in [6.07, 6.45) is 0.478. The van der Waals surface area contributed by atoms with Gasteiger partial charge in [-0.1, -0.05) is 81.4 Å². The van der Waals surface area contributed by atoms with E-state index in [1.807, 2.05) is 19.1 Å². The molecule has 1 heterocycles. The van der Waals surface area contributed by atoms with Crippen LogP contribution in [0.1, 0.15) is 53.9 Å². The van der Waals surface area contributed by atoms with Crippen LogP contribution in [0.3, 0.4) is 0 Å². The molecule has 1 saturated heterocycles. The van der Waals surface area contributed by atoms with Crippen LogP contribution in [-0.2, 0) is 18.7 Å². The SMILES string of the molecule is CC(=O)OCCC[C@H](O)[C@H]1O[C@@H](C)C[C@@H]1O[Si](c1ccccc1)(c1ccccc1)C(C)(C)C. The highest BCUT2D eigenvalue weighted by Crippen LogP contribution is 2.40. The lowest BCUT2D eigenvalue weighted by Crippen LogP contribution is -2.68. The summed E-state index contributed by atoms with van der Waals surface area (Å²) in [5, 5.41) is 13.3. The first-order valence-corrected chi connectivity index (χ1v) is 13.8. The summed E-state index contributed by atoms with van der Waals surface area (Å²) in [4.78, 5) is 11.0. The number of ether oxygens (including phenoxy) is 2. The zero-order chi connectivity index (χ0) is 24.1. The van der Waals surface area contributed by atoms with Crippen molar-refractivity contribution in [2.45, 2.75) is 83.3 Å². The van der Waals surface area contributed by atoms with E-state index in [1.54, 1.807) is 0 Å². The van der Waals surface area contributed by atoms with Crippen LogP contribution in [0.4, 0.5) is 0 Å². The van der Waals surface area contributed by atoms with Crippen LogP contribution in [0.5, 0.6) is 0 Å². The number of carbonyl (C=O) groups is 1. The molecule has 4 atom stereocenters. The lowest BCUT2D eigenvalue weighted by atomic mass is 10.0. The van der Waals surface area contributed by atoms with Crippen molar-refractivity contribution >= 4 is 24.7 Å². The Bertz CT molecular complexity index is 841. The van der Waals surface area contributed by atoms with Crippen molar-refractivity contribution in [3.05, 3.63) is 60.7 Å². The molecule has 0 saturated carbocycles. The summed E-state index contributed by atoms with van der Waals surface area (Å²) in [6, 6.07) is 21.1. The molecule has 2 aromatic rings. The van der Waals surface area contributed by atoms with Crippen LogP contribution >= 0.6 is 0 Å². The van der Waals surface area contributed by atoms with Gasteiger partial charge in [0, 0.05) is 13.3 Å². The van der Waals surface area contributed by atoms with Gasteiger partial charge < -0.3 is 19.0 Å². The summed E-state index contributed by atoms with van der Waals surface area (Å²) in [5.41, 5.74) is 0. The standard InChI is InChI=1S/C27H38O5Si/c1-20-19-25(26(31-20)24(29)17-12-18-30-21(2)28)32-33(27(3,4)5,22-13-8-6-9-14-22)23-15-10-7-11-16-23/h6-11,13-16,20,24-26,29H,12,17-19H2,1-5H3/t20-,24-,25-,26+/m0/s1. The predicted molar refractivity (Wildman–Crippen MR) is 133 cm³/mol. The van der Waals surface area contributed by atoms with E-state index in [1.165, 1.54) is 17.3 Å². The van der Waals surface area contributed by atoms with Gasteiger partial charge in [0.25, 0.3) is 8.32 Å². The van der Waals surface area contributed by atoms with E-state index in [0.717, 1.165) is 6.42 Å². The quantitative estimate of drug-likeness (QED) is 0.343. The van der Waals surface area contributed by atoms with Gasteiger partial charge in [-0.25, -0.2) is 0 Å². The molecular weight excluding hydrogens is 432 g/mol. The molecule has 0 spiro atoms. The number of rotatable bonds is 9. The maximum atomic E-state index is 11.0. The van der Waals surface area contributed by atoms with Gasteiger partial charge >= 0.3 is 5.97 Å². The average Bonchev–Trinajstić information content (AvgIpc) is 3.15. The fourth-order valence-corrected chi connectivity index (χ4v) is 9.62. The fraction of sp³-hybridized carbons (Fsp3) is 0.519. The van der Waals surface area contributed by atoms with Gasteiger partial charge in [0.05, 0.1) is 24.9 Å². The molecule has 0 unspecified atom stereocenters. The number of aliphatic hydroxyl groups is 1. The van der Waals surface area contributed by atoms with E-state index >= 15 is 0 Å². The van der Waals surface area contributed by atoms with Crippen molar-refractivity contribution in [3.63, 3.8) is 0 Å². The zero-order valence-corrected chi connectivity index (χ0v) is 21.5. The van der Waals surface area contributed by atoms with E-state index in [4.69, 9.17) is 13.9 Å². The first-order valence-electron chi connectivity index (χ1n) is 11.9. The molecule has 3 rings (SSSR count). The molecule has 0 aliphatic carbocycles. The Hall–Kier alpha value is -1.99. The Kier molecular flexibility index (Phi) is 8.51. The van der Waals surface area contributed by atoms with Crippen molar-refractivity contribution < 1.29 is 23.8 Å². The molecule has 0 bridgehead atoms. The van der Waals surface area contributed by atoms with E-state index in [0.29, 0.717) is 19.4 Å². The zero-order valence-electron chi connectivity index (χ0n) is 20.5. The van der Waals surface area contributed by atoms with Gasteiger partial charge in [0.15, 0.2) is 0 Å². The lowest BCUT2D eigenvalue weighted by molar-refractivity contribution is -0.141. The van der Waals surface area contributed by atoms with Crippen molar-refractivity contribution in [2.24, 2.45) is 0 Å². The van der Waals surface area contributed by atoms with Crippen LogP contribution in [0.15, 0.2) is 60.7 Å². The third-order valence-corrected chi connectivity index (χ3v) is 11.5. The first kappa shape index (κ1) is 25.6. The van der Waals surface area contributed by atoms with E-state index in [2.05, 4.69) is 69.3 Å². The van der Waals surface area contributed by atoms with Gasteiger partial charge in [0.2, 0.25) is 0 Å². The Labute approximate surface area is 199 Å². The summed E-state index contributed by atoms with van der Waals surface area (Å²) in [7, 11) is -2.75. The summed E-state index contributed by atoms with van der Waals surface area (Å²) in [6.45, 7) is 10.5. The second-order valence-electron chi connectivity index (χ2n) is 10.0. The second-order valence-corrected chi connectivity index (χ2v) is 14.3. The minimum Gasteiger partial charge on any atom is -0.466 e. The highest BCUT2D eigenvalue weighted by molar-refractivity contribution is 6.99. The maximum Gasteiger partial charge on any atom is 0.302 e. The third-order valence-electron chi connectivity index (χ3n) is 6.39. The van der Waals surface area contributed by atoms with Gasteiger partial charge in [-0.15, -0.1) is 0 Å². The van der Waals surface area contributed by atoms with Crippen LogP contribution in [0.25, 0.3) is 0 Å². The number of hydrogen-bond acceptors (Lipinski definition) is 5. The molecule has 1 aliphatic heterocycles. The van der Waals surface area contributed by atoms with Crippen LogP contribution in [0.2, 0.25) is 5.04 Å². The third kappa shape index (κ3) is 5.93. The molecular formula is C27H38O5Si. The number of carbonyl (C=O) groups excluding carboxylic acids is 1. The van der Waals surface area contributed by atoms with Crippen molar-refractivity contribution in [1.29, 1.82) is 0 Å². The summed E-state index contributed by atoms with van der Waals surface area (Å²) >= 11 is 0. The average molecular weight is 471 g/mol. The topological polar surface area (TPSA) is 65.0 Å². The molecule has 180 valence electrons. The summed E-state index contributed by atoms with van der Waals surface area (Å²) in [5.74, 6) is -0.303. The number of esters is 1. The highest BCUT2D eigenvalue weighted by Gasteiger charge is 2.54.